The van der Waals surface area contributed by atoms with Gasteiger partial charge in [0.2, 0.25) is 5.91 Å². The molecule has 2 aliphatic heterocycles. The fraction of sp³-hybridized carbons (Fsp3) is 0.261. The highest BCUT2D eigenvalue weighted by molar-refractivity contribution is 8.21. The van der Waals surface area contributed by atoms with Crippen molar-refractivity contribution in [3.8, 4) is 0 Å². The number of hydrazone groups is 1. The molecule has 5 nitrogen and oxygen atoms in total. The fourth-order valence-corrected chi connectivity index (χ4v) is 4.72. The van der Waals surface area contributed by atoms with Gasteiger partial charge in [0.05, 0.1) is 18.3 Å². The second-order valence-corrected chi connectivity index (χ2v) is 8.79. The topological polar surface area (TPSA) is 48.3 Å². The molecule has 2 aromatic carbocycles. The normalized spacial score (nSPS) is 19.2. The lowest BCUT2D eigenvalue weighted by Gasteiger charge is -2.26. The molecule has 2 aliphatic rings. The molecular formula is C23H22ClFN4OS. The van der Waals surface area contributed by atoms with Gasteiger partial charge in [-0.1, -0.05) is 60.3 Å². The number of amidine groups is 1. The monoisotopic (exact) mass is 456 g/mol. The van der Waals surface area contributed by atoms with E-state index in [1.165, 1.54) is 17.8 Å². The highest BCUT2D eigenvalue weighted by Crippen LogP contribution is 2.32. The van der Waals surface area contributed by atoms with E-state index < -0.39 is 0 Å². The largest absolute Gasteiger partial charge is 0.332 e. The Labute approximate surface area is 190 Å². The lowest BCUT2D eigenvalue weighted by molar-refractivity contribution is -0.128. The average Bonchev–Trinajstić information content (AvgIpc) is 3.39. The summed E-state index contributed by atoms with van der Waals surface area (Å²) < 4.78 is 14.2. The van der Waals surface area contributed by atoms with E-state index in [4.69, 9.17) is 16.7 Å². The molecule has 1 fully saturated rings. The van der Waals surface area contributed by atoms with Gasteiger partial charge in [0.25, 0.3) is 0 Å². The van der Waals surface area contributed by atoms with Crippen LogP contribution in [0, 0.1) is 5.82 Å². The zero-order chi connectivity index (χ0) is 22.0. The lowest BCUT2D eigenvalue weighted by atomic mass is 10.0. The van der Waals surface area contributed by atoms with Gasteiger partial charge >= 0.3 is 0 Å². The third kappa shape index (κ3) is 4.52. The molecule has 0 bridgehead atoms. The molecule has 0 aromatic heterocycles. The summed E-state index contributed by atoms with van der Waals surface area (Å²) in [7, 11) is 1.67. The van der Waals surface area contributed by atoms with E-state index in [1.54, 1.807) is 30.3 Å². The van der Waals surface area contributed by atoms with Crippen LogP contribution in [-0.4, -0.2) is 52.9 Å². The number of aliphatic imine (C=N–C) groups is 1. The van der Waals surface area contributed by atoms with Crippen LogP contribution in [0.2, 0.25) is 5.02 Å². The molecule has 0 spiro atoms. The van der Waals surface area contributed by atoms with Crippen LogP contribution in [0.3, 0.4) is 0 Å². The number of nitrogens with zero attached hydrogens (tertiary/aromatic N) is 4. The van der Waals surface area contributed by atoms with Gasteiger partial charge in [-0.2, -0.15) is 5.10 Å². The van der Waals surface area contributed by atoms with Crippen molar-refractivity contribution in [2.45, 2.75) is 18.9 Å². The minimum Gasteiger partial charge on any atom is -0.332 e. The predicted octanol–water partition coefficient (Wildman–Crippen LogP) is 4.88. The first kappa shape index (κ1) is 21.6. The number of hydrogen-bond donors (Lipinski definition) is 0. The second-order valence-electron chi connectivity index (χ2n) is 7.29. The molecule has 2 heterocycles. The summed E-state index contributed by atoms with van der Waals surface area (Å²) in [4.78, 5) is 19.3. The van der Waals surface area contributed by atoms with E-state index in [0.717, 1.165) is 17.7 Å². The molecule has 1 amide bonds. The predicted molar refractivity (Wildman–Crippen MR) is 126 cm³/mol. The zero-order valence-electron chi connectivity index (χ0n) is 17.1. The smallest absolute Gasteiger partial charge is 0.223 e. The maximum Gasteiger partial charge on any atom is 0.223 e. The number of carbonyl (C=O) groups excluding carboxylic acids is 1. The summed E-state index contributed by atoms with van der Waals surface area (Å²) in [5.41, 5.74) is 2.14. The van der Waals surface area contributed by atoms with Crippen LogP contribution in [0.4, 0.5) is 4.39 Å². The highest BCUT2D eigenvalue weighted by atomic mass is 35.5. The molecular weight excluding hydrogens is 435 g/mol. The average molecular weight is 457 g/mol. The Morgan fingerprint density at radius 3 is 2.65 bits per heavy atom. The quantitative estimate of drug-likeness (QED) is 0.486. The van der Waals surface area contributed by atoms with Crippen molar-refractivity contribution in [2.75, 3.05) is 20.1 Å². The Hall–Kier alpha value is -2.64. The third-order valence-electron chi connectivity index (χ3n) is 5.32. The molecule has 4 rings (SSSR count). The van der Waals surface area contributed by atoms with E-state index in [0.29, 0.717) is 40.2 Å². The van der Waals surface area contributed by atoms with E-state index in [9.17, 15) is 9.18 Å². The third-order valence-corrected chi connectivity index (χ3v) is 6.61. The molecule has 1 unspecified atom stereocenters. The molecule has 0 radical (unpaired) electrons. The van der Waals surface area contributed by atoms with Gasteiger partial charge in [-0.05, 0) is 24.6 Å². The Kier molecular flexibility index (Phi) is 6.43. The van der Waals surface area contributed by atoms with Gasteiger partial charge in [0, 0.05) is 41.1 Å². The maximum absolute atomic E-state index is 14.2. The Morgan fingerprint density at radius 2 is 2.00 bits per heavy atom. The zero-order valence-corrected chi connectivity index (χ0v) is 18.7. The number of carbonyl (C=O) groups is 1. The first-order chi connectivity index (χ1) is 15.0. The van der Waals surface area contributed by atoms with Crippen LogP contribution in [0.5, 0.6) is 0 Å². The summed E-state index contributed by atoms with van der Waals surface area (Å²) in [6.45, 7) is 5.21. The number of amides is 1. The van der Waals surface area contributed by atoms with Crippen LogP contribution < -0.4 is 0 Å². The highest BCUT2D eigenvalue weighted by Gasteiger charge is 2.38. The minimum absolute atomic E-state index is 0.131. The van der Waals surface area contributed by atoms with E-state index >= 15 is 0 Å². The summed E-state index contributed by atoms with van der Waals surface area (Å²) in [6.07, 6.45) is 1.40. The first-order valence-electron chi connectivity index (χ1n) is 9.98. The van der Waals surface area contributed by atoms with Crippen molar-refractivity contribution in [1.29, 1.82) is 0 Å². The fourth-order valence-electron chi connectivity index (χ4n) is 3.79. The summed E-state index contributed by atoms with van der Waals surface area (Å²) >= 11 is 7.32. The Bertz CT molecular complexity index is 1070. The number of likely N-dealkylation sites (tertiary alicyclic amines) is 1. The van der Waals surface area contributed by atoms with E-state index in [2.05, 4.69) is 11.6 Å². The Balaban J connectivity index is 1.62. The molecule has 31 heavy (non-hydrogen) atoms. The number of hydrogen-bond acceptors (Lipinski definition) is 4. The lowest BCUT2D eigenvalue weighted by Crippen LogP contribution is -2.44. The van der Waals surface area contributed by atoms with Gasteiger partial charge in [-0.3, -0.25) is 9.79 Å². The van der Waals surface area contributed by atoms with Gasteiger partial charge in [0.1, 0.15) is 5.82 Å². The van der Waals surface area contributed by atoms with Crippen LogP contribution >= 0.6 is 23.4 Å². The van der Waals surface area contributed by atoms with Crippen molar-refractivity contribution in [2.24, 2.45) is 10.1 Å². The molecule has 0 saturated carbocycles. The molecule has 8 heteroatoms. The van der Waals surface area contributed by atoms with Crippen LogP contribution in [0.1, 0.15) is 24.0 Å². The molecule has 0 N–H and O–H groups in total. The maximum atomic E-state index is 14.2. The summed E-state index contributed by atoms with van der Waals surface area (Å²) in [5, 5.41) is 7.82. The summed E-state index contributed by atoms with van der Waals surface area (Å²) in [5.74, 6) is -0.199. The number of benzene rings is 2. The number of thioether (sulfide) groups is 1. The van der Waals surface area contributed by atoms with Gasteiger partial charge in [-0.15, -0.1) is 0 Å². The van der Waals surface area contributed by atoms with Crippen molar-refractivity contribution in [3.05, 3.63) is 77.1 Å². The van der Waals surface area contributed by atoms with Crippen molar-refractivity contribution in [1.82, 2.24) is 9.91 Å². The van der Waals surface area contributed by atoms with Crippen molar-refractivity contribution in [3.63, 3.8) is 0 Å². The molecule has 2 aromatic rings. The van der Waals surface area contributed by atoms with Crippen molar-refractivity contribution >= 4 is 45.1 Å². The van der Waals surface area contributed by atoms with Crippen LogP contribution in [0.25, 0.3) is 4.91 Å². The van der Waals surface area contributed by atoms with Crippen molar-refractivity contribution < 1.29 is 9.18 Å². The van der Waals surface area contributed by atoms with Crippen LogP contribution in [-0.2, 0) is 4.79 Å². The molecule has 160 valence electrons. The second kappa shape index (κ2) is 9.24. The Morgan fingerprint density at radius 1 is 1.26 bits per heavy atom. The number of rotatable bonds is 4. The SMILES string of the molecule is C=C(SC(=NC)N1CC(N2CCCC2=O)C(c2ccc(Cl)cc2)=N1)c1ccccc1F. The molecule has 1 saturated heterocycles. The molecule has 0 aliphatic carbocycles. The van der Waals surface area contributed by atoms with Gasteiger partial charge in [-0.25, -0.2) is 9.40 Å². The minimum atomic E-state index is -0.331. The standard InChI is InChI=1S/C23H22ClFN4OS/c1-15(18-6-3-4-7-19(18)25)31-23(26-2)29-14-20(28-13-5-8-21(28)30)22(27-29)16-9-11-17(24)12-10-16/h3-4,6-7,9-12,20H,1,5,8,13-14H2,2H3. The van der Waals surface area contributed by atoms with Gasteiger partial charge in [0.15, 0.2) is 5.17 Å². The molecule has 1 atom stereocenters. The van der Waals surface area contributed by atoms with E-state index in [1.807, 2.05) is 29.2 Å². The van der Waals surface area contributed by atoms with Crippen LogP contribution in [0.15, 0.2) is 65.2 Å². The summed E-state index contributed by atoms with van der Waals surface area (Å²) in [6, 6.07) is 13.8. The number of halogens is 2. The van der Waals surface area contributed by atoms with Gasteiger partial charge < -0.3 is 4.90 Å². The first-order valence-corrected chi connectivity index (χ1v) is 11.2. The van der Waals surface area contributed by atoms with E-state index in [-0.39, 0.29) is 17.8 Å².